The highest BCUT2D eigenvalue weighted by Gasteiger charge is 2.24. The average molecular weight is 355 g/mol. The summed E-state index contributed by atoms with van der Waals surface area (Å²) < 4.78 is 10.1. The summed E-state index contributed by atoms with van der Waals surface area (Å²) in [5, 5.41) is 0.561. The second-order valence-electron chi connectivity index (χ2n) is 5.43. The molecule has 0 saturated heterocycles. The molecule has 0 spiro atoms. The predicted molar refractivity (Wildman–Crippen MR) is 86.1 cm³/mol. The van der Waals surface area contributed by atoms with Crippen molar-refractivity contribution in [2.24, 2.45) is 5.92 Å². The lowest BCUT2D eigenvalue weighted by Gasteiger charge is -2.11. The number of hydrogen-bond acceptors (Lipinski definition) is 5. The lowest BCUT2D eigenvalue weighted by molar-refractivity contribution is -0.152. The Morgan fingerprint density at radius 2 is 1.58 bits per heavy atom. The number of carbonyl (C=O) groups excluding carboxylic acids is 3. The third-order valence-corrected chi connectivity index (χ3v) is 3.81. The van der Waals surface area contributed by atoms with Gasteiger partial charge in [0.05, 0.1) is 5.92 Å². The first-order valence-corrected chi connectivity index (χ1v) is 8.05. The molecule has 1 aliphatic carbocycles. The zero-order chi connectivity index (χ0) is 17.4. The van der Waals surface area contributed by atoms with E-state index >= 15 is 0 Å². The molecule has 0 aromatic heterocycles. The molecule has 0 heterocycles. The Morgan fingerprint density at radius 3 is 2.21 bits per heavy atom. The molecular weight excluding hydrogens is 336 g/mol. The number of benzene rings is 1. The van der Waals surface area contributed by atoms with Gasteiger partial charge in [-0.05, 0) is 37.1 Å². The monoisotopic (exact) mass is 354 g/mol. The molecule has 7 nitrogen and oxygen atoms in total. The maximum atomic E-state index is 11.7. The molecule has 0 radical (unpaired) electrons. The number of hydrogen-bond donors (Lipinski definition) is 2. The Balaban J connectivity index is 1.59. The lowest BCUT2D eigenvalue weighted by atomic mass is 10.1. The maximum absolute atomic E-state index is 11.7. The van der Waals surface area contributed by atoms with Crippen LogP contribution in [0.1, 0.15) is 25.7 Å². The third kappa shape index (κ3) is 6.08. The van der Waals surface area contributed by atoms with Crippen LogP contribution in [-0.2, 0) is 19.1 Å². The van der Waals surface area contributed by atoms with Gasteiger partial charge in [0.1, 0.15) is 5.75 Å². The van der Waals surface area contributed by atoms with Crippen LogP contribution in [0.4, 0.5) is 0 Å². The average Bonchev–Trinajstić information content (AvgIpc) is 3.12. The van der Waals surface area contributed by atoms with Gasteiger partial charge in [0, 0.05) is 5.02 Å². The summed E-state index contributed by atoms with van der Waals surface area (Å²) in [5.41, 5.74) is 4.33. The van der Waals surface area contributed by atoms with Crippen molar-refractivity contribution in [3.05, 3.63) is 29.3 Å². The number of ether oxygens (including phenoxy) is 2. The van der Waals surface area contributed by atoms with Gasteiger partial charge in [-0.2, -0.15) is 0 Å². The standard InChI is InChI=1S/C16H19ClN2O5/c17-12-5-7-13(8-6-12)23-9-14(20)18-19-15(21)10-24-16(22)11-3-1-2-4-11/h5-8,11H,1-4,9-10H2,(H,18,20)(H,19,21). The fourth-order valence-electron chi connectivity index (χ4n) is 2.31. The number of esters is 1. The van der Waals surface area contributed by atoms with E-state index in [1.54, 1.807) is 24.3 Å². The Morgan fingerprint density at radius 1 is 1.00 bits per heavy atom. The second kappa shape index (κ2) is 9.12. The Hall–Kier alpha value is -2.28. The minimum Gasteiger partial charge on any atom is -0.484 e. The molecule has 2 N–H and O–H groups in total. The smallest absolute Gasteiger partial charge is 0.309 e. The Bertz CT molecular complexity index is 585. The summed E-state index contributed by atoms with van der Waals surface area (Å²) in [6.45, 7) is -0.697. The van der Waals surface area contributed by atoms with Crippen molar-refractivity contribution in [1.82, 2.24) is 10.9 Å². The van der Waals surface area contributed by atoms with Crippen molar-refractivity contribution >= 4 is 29.4 Å². The molecule has 2 amide bonds. The lowest BCUT2D eigenvalue weighted by Crippen LogP contribution is -2.45. The van der Waals surface area contributed by atoms with Gasteiger partial charge in [-0.25, -0.2) is 0 Å². The zero-order valence-corrected chi connectivity index (χ0v) is 13.8. The van der Waals surface area contributed by atoms with Crippen molar-refractivity contribution < 1.29 is 23.9 Å². The van der Waals surface area contributed by atoms with Crippen molar-refractivity contribution in [2.75, 3.05) is 13.2 Å². The number of amides is 2. The molecule has 0 aliphatic heterocycles. The van der Waals surface area contributed by atoms with Gasteiger partial charge in [-0.1, -0.05) is 24.4 Å². The summed E-state index contributed by atoms with van der Waals surface area (Å²) in [6.07, 6.45) is 3.63. The number of halogens is 1. The SMILES string of the molecule is O=C(COC(=O)C1CCCC1)NNC(=O)COc1ccc(Cl)cc1. The van der Waals surface area contributed by atoms with E-state index in [4.69, 9.17) is 21.1 Å². The van der Waals surface area contributed by atoms with Crippen LogP contribution >= 0.6 is 11.6 Å². The van der Waals surface area contributed by atoms with Crippen LogP contribution < -0.4 is 15.6 Å². The van der Waals surface area contributed by atoms with Gasteiger partial charge in [0.2, 0.25) is 0 Å². The molecule has 0 bridgehead atoms. The van der Waals surface area contributed by atoms with Gasteiger partial charge in [0.25, 0.3) is 11.8 Å². The molecule has 1 fully saturated rings. The summed E-state index contributed by atoms with van der Waals surface area (Å²) in [4.78, 5) is 34.7. The van der Waals surface area contributed by atoms with Crippen LogP contribution in [0.2, 0.25) is 5.02 Å². The highest BCUT2D eigenvalue weighted by atomic mass is 35.5. The van der Waals surface area contributed by atoms with Crippen LogP contribution in [-0.4, -0.2) is 31.0 Å². The quantitative estimate of drug-likeness (QED) is 0.598. The van der Waals surface area contributed by atoms with E-state index in [9.17, 15) is 14.4 Å². The Kier molecular flexibility index (Phi) is 6.87. The van der Waals surface area contributed by atoms with Gasteiger partial charge >= 0.3 is 5.97 Å². The number of carbonyl (C=O) groups is 3. The topological polar surface area (TPSA) is 93.7 Å². The molecule has 1 aromatic rings. The van der Waals surface area contributed by atoms with E-state index in [0.717, 1.165) is 25.7 Å². The van der Waals surface area contributed by atoms with E-state index in [-0.39, 0.29) is 18.5 Å². The third-order valence-electron chi connectivity index (χ3n) is 3.56. The van der Waals surface area contributed by atoms with Gasteiger partial charge in [-0.15, -0.1) is 0 Å². The van der Waals surface area contributed by atoms with Gasteiger partial charge in [0.15, 0.2) is 13.2 Å². The highest BCUT2D eigenvalue weighted by molar-refractivity contribution is 6.30. The predicted octanol–water partition coefficient (Wildman–Crippen LogP) is 1.60. The zero-order valence-electron chi connectivity index (χ0n) is 13.0. The molecule has 2 rings (SSSR count). The number of hydrazine groups is 1. The minimum atomic E-state index is -0.610. The minimum absolute atomic E-state index is 0.111. The van der Waals surface area contributed by atoms with E-state index < -0.39 is 18.4 Å². The van der Waals surface area contributed by atoms with Crippen molar-refractivity contribution in [2.45, 2.75) is 25.7 Å². The largest absolute Gasteiger partial charge is 0.484 e. The second-order valence-corrected chi connectivity index (χ2v) is 5.86. The maximum Gasteiger partial charge on any atom is 0.309 e. The first kappa shape index (κ1) is 18.1. The molecule has 130 valence electrons. The first-order chi connectivity index (χ1) is 11.5. The van der Waals surface area contributed by atoms with Gasteiger partial charge in [-0.3, -0.25) is 25.2 Å². The van der Waals surface area contributed by atoms with Crippen LogP contribution in [0.25, 0.3) is 0 Å². The number of nitrogens with one attached hydrogen (secondary N) is 2. The van der Waals surface area contributed by atoms with Crippen LogP contribution in [0, 0.1) is 5.92 Å². The summed E-state index contributed by atoms with van der Waals surface area (Å²) in [5.74, 6) is -1.15. The normalized spacial score (nSPS) is 14.0. The van der Waals surface area contributed by atoms with Crippen molar-refractivity contribution in [1.29, 1.82) is 0 Å². The summed E-state index contributed by atoms with van der Waals surface area (Å²) in [6, 6.07) is 6.51. The number of rotatable bonds is 6. The molecule has 8 heteroatoms. The van der Waals surface area contributed by atoms with Crippen molar-refractivity contribution in [3.8, 4) is 5.75 Å². The van der Waals surface area contributed by atoms with E-state index in [2.05, 4.69) is 10.9 Å². The van der Waals surface area contributed by atoms with E-state index in [1.165, 1.54) is 0 Å². The molecule has 0 unspecified atom stereocenters. The van der Waals surface area contributed by atoms with Gasteiger partial charge < -0.3 is 9.47 Å². The molecule has 1 aromatic carbocycles. The molecule has 24 heavy (non-hydrogen) atoms. The molecule has 1 saturated carbocycles. The first-order valence-electron chi connectivity index (χ1n) is 7.67. The van der Waals surface area contributed by atoms with E-state index in [1.807, 2.05) is 0 Å². The Labute approximate surface area is 144 Å². The van der Waals surface area contributed by atoms with E-state index in [0.29, 0.717) is 10.8 Å². The molecule has 1 aliphatic rings. The molecular formula is C16H19ClN2O5. The van der Waals surface area contributed by atoms with Crippen LogP contribution in [0.15, 0.2) is 24.3 Å². The fourth-order valence-corrected chi connectivity index (χ4v) is 2.43. The highest BCUT2D eigenvalue weighted by Crippen LogP contribution is 2.25. The fraction of sp³-hybridized carbons (Fsp3) is 0.438. The van der Waals surface area contributed by atoms with Crippen molar-refractivity contribution in [3.63, 3.8) is 0 Å². The molecule has 0 atom stereocenters. The van der Waals surface area contributed by atoms with Crippen LogP contribution in [0.3, 0.4) is 0 Å². The summed E-state index contributed by atoms with van der Waals surface area (Å²) >= 11 is 5.73. The van der Waals surface area contributed by atoms with Crippen LogP contribution in [0.5, 0.6) is 5.75 Å². The summed E-state index contributed by atoms with van der Waals surface area (Å²) in [7, 11) is 0.